The van der Waals surface area contributed by atoms with Gasteiger partial charge in [0.05, 0.1) is 10.4 Å². The summed E-state index contributed by atoms with van der Waals surface area (Å²) >= 11 is 1.29. The number of ketones is 1. The molecule has 0 aliphatic rings. The number of carbonyl (C=O) groups is 3. The molecule has 0 saturated heterocycles. The average molecular weight is 384 g/mol. The molecule has 1 aromatic carbocycles. The molecule has 0 aliphatic carbocycles. The van der Waals surface area contributed by atoms with Crippen LogP contribution in [0.4, 0.5) is 5.82 Å². The molecule has 0 unspecified atom stereocenters. The predicted octanol–water partition coefficient (Wildman–Crippen LogP) is 3.46. The number of anilines is 1. The van der Waals surface area contributed by atoms with Gasteiger partial charge >= 0.3 is 5.97 Å². The Morgan fingerprint density at radius 1 is 1.15 bits per heavy atom. The molecule has 0 saturated carbocycles. The van der Waals surface area contributed by atoms with Crippen molar-refractivity contribution in [1.82, 2.24) is 5.16 Å². The third-order valence-corrected chi connectivity index (χ3v) is 4.54. The van der Waals surface area contributed by atoms with Crippen LogP contribution in [-0.4, -0.2) is 28.9 Å². The summed E-state index contributed by atoms with van der Waals surface area (Å²) in [7, 11) is 0. The Labute approximate surface area is 158 Å². The van der Waals surface area contributed by atoms with Gasteiger partial charge in [-0.05, 0) is 31.4 Å². The van der Waals surface area contributed by atoms with E-state index >= 15 is 0 Å². The first kappa shape index (κ1) is 18.5. The number of thiophene rings is 1. The molecule has 27 heavy (non-hydrogen) atoms. The molecular weight excluding hydrogens is 368 g/mol. The van der Waals surface area contributed by atoms with Crippen molar-refractivity contribution in [3.05, 3.63) is 69.6 Å². The minimum absolute atomic E-state index is 0.104. The van der Waals surface area contributed by atoms with Gasteiger partial charge in [0.2, 0.25) is 5.78 Å². The molecule has 0 fully saturated rings. The first-order valence-electron chi connectivity index (χ1n) is 8.08. The Balaban J connectivity index is 1.72. The summed E-state index contributed by atoms with van der Waals surface area (Å²) in [5, 5.41) is 7.93. The van der Waals surface area contributed by atoms with E-state index in [1.807, 2.05) is 0 Å². The highest BCUT2D eigenvalue weighted by Crippen LogP contribution is 2.19. The van der Waals surface area contributed by atoms with Crippen molar-refractivity contribution in [2.45, 2.75) is 20.0 Å². The molecule has 0 radical (unpaired) electrons. The Morgan fingerprint density at radius 3 is 2.52 bits per heavy atom. The molecule has 1 N–H and O–H groups in total. The highest BCUT2D eigenvalue weighted by Gasteiger charge is 2.24. The lowest BCUT2D eigenvalue weighted by Crippen LogP contribution is -2.30. The largest absolute Gasteiger partial charge is 0.449 e. The van der Waals surface area contributed by atoms with Gasteiger partial charge in [0, 0.05) is 11.6 Å². The van der Waals surface area contributed by atoms with Crippen LogP contribution in [0.25, 0.3) is 0 Å². The van der Waals surface area contributed by atoms with Gasteiger partial charge in [0.15, 0.2) is 11.9 Å². The van der Waals surface area contributed by atoms with Crippen molar-refractivity contribution in [2.75, 3.05) is 5.32 Å². The number of benzene rings is 1. The number of rotatable bonds is 6. The van der Waals surface area contributed by atoms with Gasteiger partial charge in [0.1, 0.15) is 5.76 Å². The Kier molecular flexibility index (Phi) is 5.46. The second kappa shape index (κ2) is 7.96. The average Bonchev–Trinajstić information content (AvgIpc) is 3.33. The fourth-order valence-electron chi connectivity index (χ4n) is 2.33. The highest BCUT2D eigenvalue weighted by molar-refractivity contribution is 7.12. The standard InChI is InChI=1S/C19H16N2O5S/c1-11-10-16(21-26-11)20-18(23)12(2)25-19(24)14-7-4-3-6-13(14)17(22)15-8-5-9-27-15/h3-10,12H,1-2H3,(H,20,21,23)/t12-/m1/s1. The molecule has 0 spiro atoms. The zero-order valence-corrected chi connectivity index (χ0v) is 15.4. The maximum atomic E-state index is 12.6. The topological polar surface area (TPSA) is 98.5 Å². The number of hydrogen-bond acceptors (Lipinski definition) is 7. The third-order valence-electron chi connectivity index (χ3n) is 3.67. The second-order valence-electron chi connectivity index (χ2n) is 5.71. The lowest BCUT2D eigenvalue weighted by atomic mass is 10.0. The number of nitrogens with one attached hydrogen (secondary N) is 1. The van der Waals surface area contributed by atoms with E-state index in [9.17, 15) is 14.4 Å². The van der Waals surface area contributed by atoms with Crippen molar-refractivity contribution in [3.8, 4) is 0 Å². The smallest absolute Gasteiger partial charge is 0.339 e. The van der Waals surface area contributed by atoms with Gasteiger partial charge in [-0.2, -0.15) is 0 Å². The molecule has 0 aliphatic heterocycles. The molecule has 2 heterocycles. The summed E-state index contributed by atoms with van der Waals surface area (Å²) < 4.78 is 10.1. The first-order chi connectivity index (χ1) is 13.0. The summed E-state index contributed by atoms with van der Waals surface area (Å²) in [5.74, 6) is -0.814. The molecular formula is C19H16N2O5S. The SMILES string of the molecule is Cc1cc(NC(=O)[C@@H](C)OC(=O)c2ccccc2C(=O)c2cccs2)no1. The predicted molar refractivity (Wildman–Crippen MR) is 98.9 cm³/mol. The van der Waals surface area contributed by atoms with Gasteiger partial charge in [-0.1, -0.05) is 29.4 Å². The van der Waals surface area contributed by atoms with E-state index in [0.29, 0.717) is 10.6 Å². The summed E-state index contributed by atoms with van der Waals surface area (Å²) in [6.07, 6.45) is -1.08. The van der Waals surface area contributed by atoms with E-state index in [1.54, 1.807) is 48.7 Å². The summed E-state index contributed by atoms with van der Waals surface area (Å²) in [6, 6.07) is 11.3. The monoisotopic (exact) mass is 384 g/mol. The lowest BCUT2D eigenvalue weighted by molar-refractivity contribution is -0.123. The van der Waals surface area contributed by atoms with Crippen molar-refractivity contribution >= 4 is 34.8 Å². The second-order valence-corrected chi connectivity index (χ2v) is 6.66. The van der Waals surface area contributed by atoms with Crippen LogP contribution < -0.4 is 5.32 Å². The van der Waals surface area contributed by atoms with Crippen LogP contribution >= 0.6 is 11.3 Å². The minimum Gasteiger partial charge on any atom is -0.449 e. The number of aromatic nitrogens is 1. The number of nitrogens with zero attached hydrogens (tertiary/aromatic N) is 1. The zero-order chi connectivity index (χ0) is 19.4. The summed E-state index contributed by atoms with van der Waals surface area (Å²) in [6.45, 7) is 3.12. The van der Waals surface area contributed by atoms with Crippen molar-refractivity contribution in [3.63, 3.8) is 0 Å². The Bertz CT molecular complexity index is 978. The van der Waals surface area contributed by atoms with Crippen LogP contribution in [0.2, 0.25) is 0 Å². The van der Waals surface area contributed by atoms with Gasteiger partial charge in [0.25, 0.3) is 5.91 Å². The van der Waals surface area contributed by atoms with Crippen LogP contribution in [0, 0.1) is 6.92 Å². The van der Waals surface area contributed by atoms with Gasteiger partial charge in [-0.25, -0.2) is 4.79 Å². The normalized spacial score (nSPS) is 11.6. The molecule has 1 atom stereocenters. The molecule has 7 nitrogen and oxygen atoms in total. The molecule has 2 aromatic heterocycles. The molecule has 3 rings (SSSR count). The fourth-order valence-corrected chi connectivity index (χ4v) is 3.01. The van der Waals surface area contributed by atoms with Crippen LogP contribution in [0.15, 0.2) is 52.4 Å². The van der Waals surface area contributed by atoms with E-state index in [2.05, 4.69) is 10.5 Å². The third kappa shape index (κ3) is 4.29. The summed E-state index contributed by atoms with van der Waals surface area (Å²) in [4.78, 5) is 37.8. The van der Waals surface area contributed by atoms with E-state index in [0.717, 1.165) is 0 Å². The minimum atomic E-state index is -1.08. The first-order valence-corrected chi connectivity index (χ1v) is 8.96. The van der Waals surface area contributed by atoms with Crippen LogP contribution in [0.1, 0.15) is 38.3 Å². The number of esters is 1. The van der Waals surface area contributed by atoms with Gasteiger partial charge in [-0.3, -0.25) is 9.59 Å². The molecule has 3 aromatic rings. The number of aryl methyl sites for hydroxylation is 1. The van der Waals surface area contributed by atoms with Crippen LogP contribution in [0.5, 0.6) is 0 Å². The van der Waals surface area contributed by atoms with E-state index in [4.69, 9.17) is 9.26 Å². The number of ether oxygens (including phenoxy) is 1. The lowest BCUT2D eigenvalue weighted by Gasteiger charge is -2.13. The number of hydrogen-bond donors (Lipinski definition) is 1. The van der Waals surface area contributed by atoms with E-state index < -0.39 is 18.0 Å². The van der Waals surface area contributed by atoms with Crippen LogP contribution in [0.3, 0.4) is 0 Å². The van der Waals surface area contributed by atoms with E-state index in [1.165, 1.54) is 24.3 Å². The zero-order valence-electron chi connectivity index (χ0n) is 14.6. The maximum Gasteiger partial charge on any atom is 0.339 e. The van der Waals surface area contributed by atoms with Gasteiger partial charge in [-0.15, -0.1) is 11.3 Å². The summed E-state index contributed by atoms with van der Waals surface area (Å²) in [5.41, 5.74) is 0.331. The molecule has 138 valence electrons. The Morgan fingerprint density at radius 2 is 1.89 bits per heavy atom. The van der Waals surface area contributed by atoms with E-state index in [-0.39, 0.29) is 22.7 Å². The maximum absolute atomic E-state index is 12.6. The van der Waals surface area contributed by atoms with Crippen LogP contribution in [-0.2, 0) is 9.53 Å². The van der Waals surface area contributed by atoms with Gasteiger partial charge < -0.3 is 14.6 Å². The highest BCUT2D eigenvalue weighted by atomic mass is 32.1. The van der Waals surface area contributed by atoms with Crippen molar-refractivity contribution in [2.24, 2.45) is 0 Å². The number of carbonyl (C=O) groups excluding carboxylic acids is 3. The number of amides is 1. The molecule has 1 amide bonds. The molecule has 8 heteroatoms. The van der Waals surface area contributed by atoms with Crippen molar-refractivity contribution < 1.29 is 23.6 Å². The Hall–Kier alpha value is -3.26. The fraction of sp³-hybridized carbons (Fsp3) is 0.158. The van der Waals surface area contributed by atoms with Crippen molar-refractivity contribution in [1.29, 1.82) is 0 Å². The molecule has 0 bridgehead atoms. The quantitative estimate of drug-likeness (QED) is 0.516.